The van der Waals surface area contributed by atoms with Crippen molar-refractivity contribution in [2.24, 2.45) is 0 Å². The number of aryl methyl sites for hydroxylation is 1. The summed E-state index contributed by atoms with van der Waals surface area (Å²) in [4.78, 5) is 0. The summed E-state index contributed by atoms with van der Waals surface area (Å²) in [6.45, 7) is 2.18. The van der Waals surface area contributed by atoms with Crippen molar-refractivity contribution in [3.8, 4) is 11.1 Å². The van der Waals surface area contributed by atoms with Gasteiger partial charge < -0.3 is 0 Å². The third-order valence-electron chi connectivity index (χ3n) is 5.20. The van der Waals surface area contributed by atoms with Gasteiger partial charge in [-0.15, -0.1) is 0 Å². The van der Waals surface area contributed by atoms with Gasteiger partial charge in [-0.05, 0) is 45.5 Å². The minimum Gasteiger partial charge on any atom is -0.0622 e. The molecule has 0 aromatic heterocycles. The molecule has 0 spiro atoms. The fourth-order valence-corrected chi connectivity index (χ4v) is 4.15. The molecule has 0 N–H and O–H groups in total. The summed E-state index contributed by atoms with van der Waals surface area (Å²) >= 11 is 0. The smallest absolute Gasteiger partial charge is 0.0358 e. The first-order chi connectivity index (χ1) is 11.8. The quantitative estimate of drug-likeness (QED) is 0.340. The third kappa shape index (κ3) is 1.86. The highest BCUT2D eigenvalue weighted by atomic mass is 14.3. The molecule has 1 aliphatic rings. The van der Waals surface area contributed by atoms with Crippen molar-refractivity contribution in [1.82, 2.24) is 0 Å². The fourth-order valence-electron chi connectivity index (χ4n) is 4.15. The van der Waals surface area contributed by atoms with Crippen LogP contribution in [0.1, 0.15) is 28.2 Å². The Labute approximate surface area is 142 Å². The van der Waals surface area contributed by atoms with Crippen LogP contribution >= 0.6 is 0 Å². The van der Waals surface area contributed by atoms with Gasteiger partial charge in [-0.25, -0.2) is 0 Å². The van der Waals surface area contributed by atoms with E-state index in [2.05, 4.69) is 91.9 Å². The molecule has 0 bridgehead atoms. The molecule has 4 aromatic carbocycles. The molecule has 0 saturated carbocycles. The van der Waals surface area contributed by atoms with E-state index in [1.165, 1.54) is 44.2 Å². The van der Waals surface area contributed by atoms with E-state index in [4.69, 9.17) is 0 Å². The lowest BCUT2D eigenvalue weighted by molar-refractivity contribution is 1.02. The molecule has 1 atom stereocenters. The summed E-state index contributed by atoms with van der Waals surface area (Å²) in [7, 11) is 0. The maximum Gasteiger partial charge on any atom is 0.0358 e. The molecule has 0 nitrogen and oxygen atoms in total. The second kappa shape index (κ2) is 5.07. The van der Waals surface area contributed by atoms with Gasteiger partial charge in [-0.3, -0.25) is 0 Å². The van der Waals surface area contributed by atoms with Gasteiger partial charge in [-0.1, -0.05) is 90.5 Å². The zero-order valence-corrected chi connectivity index (χ0v) is 13.7. The minimum absolute atomic E-state index is 0.321. The second-order valence-electron chi connectivity index (χ2n) is 6.68. The molecule has 0 heterocycles. The van der Waals surface area contributed by atoms with Crippen LogP contribution in [0.4, 0.5) is 0 Å². The molecule has 0 radical (unpaired) electrons. The monoisotopic (exact) mass is 306 g/mol. The van der Waals surface area contributed by atoms with Crippen molar-refractivity contribution < 1.29 is 0 Å². The third-order valence-corrected chi connectivity index (χ3v) is 5.20. The topological polar surface area (TPSA) is 0 Å². The van der Waals surface area contributed by atoms with E-state index in [0.29, 0.717) is 5.92 Å². The van der Waals surface area contributed by atoms with E-state index < -0.39 is 0 Å². The molecule has 0 fully saturated rings. The maximum absolute atomic E-state index is 2.36. The lowest BCUT2D eigenvalue weighted by Gasteiger charge is -2.16. The maximum atomic E-state index is 2.36. The van der Waals surface area contributed by atoms with Gasteiger partial charge in [0.05, 0.1) is 0 Å². The Morgan fingerprint density at radius 3 is 2.29 bits per heavy atom. The number of hydrogen-bond acceptors (Lipinski definition) is 0. The number of hydrogen-bond donors (Lipinski definition) is 0. The molecule has 0 aliphatic heterocycles. The van der Waals surface area contributed by atoms with E-state index in [0.717, 1.165) is 0 Å². The Morgan fingerprint density at radius 2 is 1.42 bits per heavy atom. The van der Waals surface area contributed by atoms with Gasteiger partial charge in [-0.2, -0.15) is 0 Å². The van der Waals surface area contributed by atoms with Crippen molar-refractivity contribution in [2.75, 3.05) is 0 Å². The van der Waals surface area contributed by atoms with Gasteiger partial charge in [0.1, 0.15) is 0 Å². The molecule has 0 heteroatoms. The molecule has 1 aliphatic carbocycles. The largest absolute Gasteiger partial charge is 0.0622 e. The summed E-state index contributed by atoms with van der Waals surface area (Å²) < 4.78 is 0. The van der Waals surface area contributed by atoms with Crippen LogP contribution in [-0.4, -0.2) is 0 Å². The average Bonchev–Trinajstić information content (AvgIpc) is 2.96. The molecule has 5 rings (SSSR count). The fraction of sp³-hybridized carbons (Fsp3) is 0.0833. The highest BCUT2D eigenvalue weighted by Crippen LogP contribution is 2.50. The van der Waals surface area contributed by atoms with Gasteiger partial charge in [0.2, 0.25) is 0 Å². The van der Waals surface area contributed by atoms with Crippen LogP contribution in [0.2, 0.25) is 0 Å². The molecule has 0 saturated heterocycles. The number of fused-ring (bicyclic) bond motifs is 5. The Hall–Kier alpha value is -2.86. The summed E-state index contributed by atoms with van der Waals surface area (Å²) in [5.74, 6) is 0.321. The Kier molecular flexibility index (Phi) is 2.87. The van der Waals surface area contributed by atoms with Crippen LogP contribution < -0.4 is 0 Å². The van der Waals surface area contributed by atoms with Crippen molar-refractivity contribution in [3.05, 3.63) is 107 Å². The lowest BCUT2D eigenvalue weighted by atomic mass is 9.86. The predicted octanol–water partition coefficient (Wildman–Crippen LogP) is 6.31. The molecular formula is C24H18. The highest BCUT2D eigenvalue weighted by molar-refractivity contribution is 5.97. The molecule has 0 amide bonds. The summed E-state index contributed by atoms with van der Waals surface area (Å²) in [5, 5.41) is 2.69. The SMILES string of the molecule is Cc1ccc2c(c1)C(c1ccccc1)c1c-2ccc2ccccc12. The normalized spacial score (nSPS) is 15.3. The van der Waals surface area contributed by atoms with Gasteiger partial charge in [0, 0.05) is 5.92 Å². The Morgan fingerprint density at radius 1 is 0.667 bits per heavy atom. The van der Waals surface area contributed by atoms with Crippen LogP contribution in [0, 0.1) is 6.92 Å². The summed E-state index contributed by atoms with van der Waals surface area (Å²) in [6, 6.07) is 31.1. The number of rotatable bonds is 1. The first kappa shape index (κ1) is 13.6. The summed E-state index contributed by atoms with van der Waals surface area (Å²) in [6.07, 6.45) is 0. The highest BCUT2D eigenvalue weighted by Gasteiger charge is 2.31. The Balaban J connectivity index is 1.91. The zero-order valence-electron chi connectivity index (χ0n) is 13.7. The van der Waals surface area contributed by atoms with Crippen LogP contribution in [0.25, 0.3) is 21.9 Å². The van der Waals surface area contributed by atoms with E-state index in [1.807, 2.05) is 0 Å². The van der Waals surface area contributed by atoms with Crippen LogP contribution in [0.5, 0.6) is 0 Å². The molecule has 114 valence electrons. The van der Waals surface area contributed by atoms with E-state index in [-0.39, 0.29) is 0 Å². The van der Waals surface area contributed by atoms with Gasteiger partial charge >= 0.3 is 0 Å². The molecule has 24 heavy (non-hydrogen) atoms. The second-order valence-corrected chi connectivity index (χ2v) is 6.68. The van der Waals surface area contributed by atoms with Crippen LogP contribution in [0.3, 0.4) is 0 Å². The van der Waals surface area contributed by atoms with Crippen molar-refractivity contribution in [1.29, 1.82) is 0 Å². The van der Waals surface area contributed by atoms with Crippen molar-refractivity contribution >= 4 is 10.8 Å². The Bertz CT molecular complexity index is 1060. The number of benzene rings is 4. The molecular weight excluding hydrogens is 288 g/mol. The minimum atomic E-state index is 0.321. The average molecular weight is 306 g/mol. The van der Waals surface area contributed by atoms with Gasteiger partial charge in [0.25, 0.3) is 0 Å². The predicted molar refractivity (Wildman–Crippen MR) is 102 cm³/mol. The lowest BCUT2D eigenvalue weighted by Crippen LogP contribution is -2.00. The van der Waals surface area contributed by atoms with E-state index in [9.17, 15) is 0 Å². The van der Waals surface area contributed by atoms with Gasteiger partial charge in [0.15, 0.2) is 0 Å². The van der Waals surface area contributed by atoms with Crippen molar-refractivity contribution in [2.45, 2.75) is 12.8 Å². The molecule has 1 unspecified atom stereocenters. The first-order valence-corrected chi connectivity index (χ1v) is 8.50. The molecule has 4 aromatic rings. The van der Waals surface area contributed by atoms with Crippen LogP contribution in [0.15, 0.2) is 84.9 Å². The zero-order chi connectivity index (χ0) is 16.1. The van der Waals surface area contributed by atoms with E-state index in [1.54, 1.807) is 0 Å². The summed E-state index contributed by atoms with van der Waals surface area (Å²) in [5.41, 5.74) is 8.37. The standard InChI is InChI=1S/C24H18/c1-16-11-13-20-21-14-12-17-7-5-6-10-19(17)24(21)23(22(20)15-16)18-8-3-2-4-9-18/h2-15,23H,1H3. The van der Waals surface area contributed by atoms with Crippen LogP contribution in [-0.2, 0) is 0 Å². The van der Waals surface area contributed by atoms with E-state index >= 15 is 0 Å². The van der Waals surface area contributed by atoms with Crippen molar-refractivity contribution in [3.63, 3.8) is 0 Å². The first-order valence-electron chi connectivity index (χ1n) is 8.50.